The number of hydrogen-bond donors (Lipinski definition) is 0. The van der Waals surface area contributed by atoms with Crippen molar-refractivity contribution in [2.45, 2.75) is 30.1 Å². The molecule has 4 rings (SSSR count). The summed E-state index contributed by atoms with van der Waals surface area (Å²) in [5.74, 6) is -5.99. The number of benzene rings is 2. The van der Waals surface area contributed by atoms with Gasteiger partial charge in [-0.3, -0.25) is 0 Å². The zero-order valence-corrected chi connectivity index (χ0v) is 17.3. The molecule has 0 unspecified atom stereocenters. The fourth-order valence-corrected chi connectivity index (χ4v) is 5.23. The van der Waals surface area contributed by atoms with Gasteiger partial charge >= 0.3 is 0 Å². The van der Waals surface area contributed by atoms with Crippen LogP contribution in [0, 0.1) is 0 Å². The summed E-state index contributed by atoms with van der Waals surface area (Å²) in [6.07, 6.45) is 0.916. The van der Waals surface area contributed by atoms with Gasteiger partial charge in [0.25, 0.3) is 21.9 Å². The molecule has 1 aliphatic heterocycles. The quantitative estimate of drug-likeness (QED) is 0.483. The van der Waals surface area contributed by atoms with Gasteiger partial charge in [-0.15, -0.1) is 0 Å². The van der Waals surface area contributed by atoms with E-state index in [0.29, 0.717) is 5.39 Å². The third kappa shape index (κ3) is 3.54. The summed E-state index contributed by atoms with van der Waals surface area (Å²) in [4.78, 5) is 1.20. The summed E-state index contributed by atoms with van der Waals surface area (Å²) >= 11 is 6.29. The van der Waals surface area contributed by atoms with Gasteiger partial charge in [-0.1, -0.05) is 29.8 Å². The van der Waals surface area contributed by atoms with E-state index in [1.165, 1.54) is 17.2 Å². The lowest BCUT2D eigenvalue weighted by Gasteiger charge is -2.17. The van der Waals surface area contributed by atoms with Crippen molar-refractivity contribution in [3.05, 3.63) is 59.2 Å². The molecule has 10 heteroatoms. The molecule has 1 saturated heterocycles. The van der Waals surface area contributed by atoms with Crippen LogP contribution in [0.15, 0.2) is 53.6 Å². The molecule has 160 valence electrons. The molecule has 1 aromatic heterocycles. The van der Waals surface area contributed by atoms with E-state index in [4.69, 9.17) is 11.6 Å². The van der Waals surface area contributed by atoms with E-state index in [1.54, 1.807) is 12.1 Å². The molecule has 0 radical (unpaired) electrons. The van der Waals surface area contributed by atoms with Crippen molar-refractivity contribution in [1.29, 1.82) is 0 Å². The number of hydrogen-bond acceptors (Lipinski definition) is 3. The van der Waals surface area contributed by atoms with Gasteiger partial charge < -0.3 is 4.90 Å². The smallest absolute Gasteiger partial charge is 0.270 e. The Morgan fingerprint density at radius 1 is 1.10 bits per heavy atom. The largest absolute Gasteiger partial charge is 0.363 e. The topological polar surface area (TPSA) is 42.3 Å². The molecule has 0 aliphatic carbocycles. The van der Waals surface area contributed by atoms with Gasteiger partial charge in [0.05, 0.1) is 27.7 Å². The number of alkyl halides is 4. The van der Waals surface area contributed by atoms with E-state index in [9.17, 15) is 26.0 Å². The van der Waals surface area contributed by atoms with Crippen LogP contribution in [0.1, 0.15) is 18.9 Å². The Hall–Kier alpha value is -2.26. The zero-order valence-electron chi connectivity index (χ0n) is 15.7. The van der Waals surface area contributed by atoms with Gasteiger partial charge in [-0.25, -0.2) is 30.0 Å². The maximum Gasteiger partial charge on any atom is 0.270 e. The van der Waals surface area contributed by atoms with Crippen LogP contribution >= 0.6 is 11.6 Å². The van der Waals surface area contributed by atoms with Crippen LogP contribution in [0.4, 0.5) is 23.2 Å². The van der Waals surface area contributed by atoms with Crippen molar-refractivity contribution in [2.24, 2.45) is 0 Å². The molecule has 2 heterocycles. The van der Waals surface area contributed by atoms with Crippen molar-refractivity contribution < 1.29 is 26.0 Å². The summed E-state index contributed by atoms with van der Waals surface area (Å²) in [5, 5.41) is 0.574. The SMILES string of the molecule is CC(F)(F)c1ccc(S(=O)(=O)n2cc(N3CCC(F)(F)C3)c3c(Cl)cccc32)cc1. The second kappa shape index (κ2) is 6.88. The summed E-state index contributed by atoms with van der Waals surface area (Å²) in [6.45, 7) is 0.228. The van der Waals surface area contributed by atoms with Crippen LogP contribution in [0.3, 0.4) is 0 Å². The van der Waals surface area contributed by atoms with Crippen LogP contribution in [-0.2, 0) is 15.9 Å². The Morgan fingerprint density at radius 2 is 1.77 bits per heavy atom. The third-order valence-corrected chi connectivity index (χ3v) is 7.16. The standard InChI is InChI=1S/C20H17ClF4N2O2S/c1-19(22,23)13-5-7-14(8-6-13)30(28,29)27-11-17(26-10-9-20(24,25)12-26)18-15(21)3-2-4-16(18)27/h2-8,11H,9-10,12H2,1H3. The van der Waals surface area contributed by atoms with E-state index >= 15 is 0 Å². The number of aromatic nitrogens is 1. The Balaban J connectivity index is 1.86. The number of anilines is 1. The first kappa shape index (κ1) is 21.0. The Bertz CT molecular complexity index is 1220. The number of rotatable bonds is 4. The molecular weight excluding hydrogens is 444 g/mol. The average Bonchev–Trinajstić information content (AvgIpc) is 3.22. The summed E-state index contributed by atoms with van der Waals surface area (Å²) in [5.41, 5.74) is 0.188. The van der Waals surface area contributed by atoms with Crippen molar-refractivity contribution in [3.8, 4) is 0 Å². The second-order valence-electron chi connectivity index (χ2n) is 7.39. The number of halogens is 5. The second-order valence-corrected chi connectivity index (χ2v) is 9.61. The van der Waals surface area contributed by atoms with E-state index in [-0.39, 0.29) is 39.7 Å². The lowest BCUT2D eigenvalue weighted by atomic mass is 10.1. The molecule has 0 saturated carbocycles. The minimum Gasteiger partial charge on any atom is -0.363 e. The van der Waals surface area contributed by atoms with E-state index in [0.717, 1.165) is 35.2 Å². The molecule has 0 bridgehead atoms. The van der Waals surface area contributed by atoms with Crippen LogP contribution in [0.25, 0.3) is 10.9 Å². The predicted molar refractivity (Wildman–Crippen MR) is 107 cm³/mol. The summed E-state index contributed by atoms with van der Waals surface area (Å²) in [6, 6.07) is 8.92. The molecule has 2 aromatic carbocycles. The Labute approximate surface area is 175 Å². The van der Waals surface area contributed by atoms with Gasteiger partial charge in [0.15, 0.2) is 0 Å². The predicted octanol–water partition coefficient (Wildman–Crippen LogP) is 5.49. The summed E-state index contributed by atoms with van der Waals surface area (Å²) < 4.78 is 81.9. The van der Waals surface area contributed by atoms with E-state index in [1.807, 2.05) is 0 Å². The van der Waals surface area contributed by atoms with E-state index < -0.39 is 28.4 Å². The van der Waals surface area contributed by atoms with Crippen molar-refractivity contribution in [3.63, 3.8) is 0 Å². The van der Waals surface area contributed by atoms with Gasteiger partial charge in [0, 0.05) is 37.0 Å². The van der Waals surface area contributed by atoms with Crippen LogP contribution < -0.4 is 4.90 Å². The molecule has 0 atom stereocenters. The molecule has 4 nitrogen and oxygen atoms in total. The molecule has 0 spiro atoms. The van der Waals surface area contributed by atoms with E-state index in [2.05, 4.69) is 0 Å². The maximum absolute atomic E-state index is 13.8. The minimum atomic E-state index is -4.18. The first-order valence-corrected chi connectivity index (χ1v) is 10.9. The van der Waals surface area contributed by atoms with Crippen LogP contribution in [0.5, 0.6) is 0 Å². The molecule has 1 fully saturated rings. The highest BCUT2D eigenvalue weighted by Gasteiger charge is 2.40. The normalized spacial score (nSPS) is 17.1. The molecule has 1 aliphatic rings. The van der Waals surface area contributed by atoms with Gasteiger partial charge in [-0.2, -0.15) is 0 Å². The molecule has 0 N–H and O–H groups in total. The first-order valence-electron chi connectivity index (χ1n) is 9.06. The van der Waals surface area contributed by atoms with Gasteiger partial charge in [0.2, 0.25) is 0 Å². The fraction of sp³-hybridized carbons (Fsp3) is 0.300. The Kier molecular flexibility index (Phi) is 4.81. The lowest BCUT2D eigenvalue weighted by molar-refractivity contribution is 0.0173. The monoisotopic (exact) mass is 460 g/mol. The van der Waals surface area contributed by atoms with Crippen molar-refractivity contribution in [2.75, 3.05) is 18.0 Å². The van der Waals surface area contributed by atoms with Gasteiger partial charge in [0.1, 0.15) is 0 Å². The molecule has 3 aromatic rings. The van der Waals surface area contributed by atoms with Crippen LogP contribution in [0.2, 0.25) is 5.02 Å². The highest BCUT2D eigenvalue weighted by atomic mass is 35.5. The highest BCUT2D eigenvalue weighted by Crippen LogP contribution is 2.40. The molecule has 30 heavy (non-hydrogen) atoms. The van der Waals surface area contributed by atoms with Crippen molar-refractivity contribution >= 4 is 38.2 Å². The number of fused-ring (bicyclic) bond motifs is 1. The first-order chi connectivity index (χ1) is 13.9. The third-order valence-electron chi connectivity index (χ3n) is 5.15. The zero-order chi connectivity index (χ0) is 21.9. The Morgan fingerprint density at radius 3 is 2.33 bits per heavy atom. The fourth-order valence-electron chi connectivity index (χ4n) is 3.61. The average molecular weight is 461 g/mol. The molecular formula is C20H17ClF4N2O2S. The maximum atomic E-state index is 13.8. The minimum absolute atomic E-state index is 0.0532. The lowest BCUT2D eigenvalue weighted by Crippen LogP contribution is -2.24. The van der Waals surface area contributed by atoms with Crippen molar-refractivity contribution in [1.82, 2.24) is 3.97 Å². The van der Waals surface area contributed by atoms with Gasteiger partial charge in [-0.05, 0) is 24.3 Å². The molecule has 0 amide bonds. The van der Waals surface area contributed by atoms with Crippen LogP contribution in [-0.4, -0.2) is 31.4 Å². The summed E-state index contributed by atoms with van der Waals surface area (Å²) in [7, 11) is -4.18. The number of nitrogens with zero attached hydrogens (tertiary/aromatic N) is 2. The highest BCUT2D eigenvalue weighted by molar-refractivity contribution is 7.90.